The molecule has 1 aromatic carbocycles. The number of thioether (sulfide) groups is 1. The molecule has 4 rings (SSSR count). The second-order valence-electron chi connectivity index (χ2n) is 7.70. The van der Waals surface area contributed by atoms with E-state index in [4.69, 9.17) is 4.74 Å². The third-order valence-corrected chi connectivity index (χ3v) is 5.55. The number of carbonyl (C=O) groups is 1. The first-order valence-corrected chi connectivity index (χ1v) is 10.4. The van der Waals surface area contributed by atoms with Crippen LogP contribution in [-0.2, 0) is 4.79 Å². The van der Waals surface area contributed by atoms with Gasteiger partial charge in [-0.2, -0.15) is 4.98 Å². The molecular weight excluding hydrogens is 360 g/mol. The van der Waals surface area contributed by atoms with Gasteiger partial charge in [0.1, 0.15) is 11.8 Å². The molecule has 0 saturated carbocycles. The maximum absolute atomic E-state index is 13.2. The summed E-state index contributed by atoms with van der Waals surface area (Å²) < 4.78 is 7.71. The topological polar surface area (TPSA) is 69.0 Å². The van der Waals surface area contributed by atoms with Crippen molar-refractivity contribution in [3.63, 3.8) is 0 Å². The van der Waals surface area contributed by atoms with Crippen molar-refractivity contribution in [2.45, 2.75) is 44.8 Å². The van der Waals surface area contributed by atoms with Crippen molar-refractivity contribution in [2.24, 2.45) is 5.41 Å². The molecule has 2 aromatic rings. The number of fused-ring (bicyclic) bond motifs is 1. The van der Waals surface area contributed by atoms with Gasteiger partial charge in [-0.3, -0.25) is 4.79 Å². The number of benzene rings is 1. The molecule has 0 saturated heterocycles. The Hall–Kier alpha value is -2.28. The molecule has 1 atom stereocenters. The van der Waals surface area contributed by atoms with Crippen molar-refractivity contribution in [1.29, 1.82) is 0 Å². The summed E-state index contributed by atoms with van der Waals surface area (Å²) in [6.45, 7) is 6.79. The van der Waals surface area contributed by atoms with E-state index in [1.165, 1.54) is 11.8 Å². The number of ketones is 1. The van der Waals surface area contributed by atoms with Crippen molar-refractivity contribution in [2.75, 3.05) is 18.2 Å². The summed E-state index contributed by atoms with van der Waals surface area (Å²) in [6, 6.07) is 7.57. The molecule has 2 heterocycles. The molecule has 1 aliphatic heterocycles. The van der Waals surface area contributed by atoms with Crippen LogP contribution in [0.1, 0.15) is 45.2 Å². The molecule has 0 fully saturated rings. The minimum absolute atomic E-state index is 0.0720. The first-order chi connectivity index (χ1) is 12.9. The van der Waals surface area contributed by atoms with Gasteiger partial charge in [0.05, 0.1) is 6.61 Å². The Balaban J connectivity index is 1.92. The summed E-state index contributed by atoms with van der Waals surface area (Å²) in [7, 11) is 0. The smallest absolute Gasteiger partial charge is 0.227 e. The Bertz CT molecular complexity index is 932. The average molecular weight is 385 g/mol. The highest BCUT2D eigenvalue weighted by Gasteiger charge is 2.42. The number of carbonyl (C=O) groups excluding carboxylic acids is 1. The summed E-state index contributed by atoms with van der Waals surface area (Å²) >= 11 is 1.49. The maximum Gasteiger partial charge on any atom is 0.227 e. The van der Waals surface area contributed by atoms with Crippen LogP contribution in [0.15, 0.2) is 40.7 Å². The van der Waals surface area contributed by atoms with Crippen molar-refractivity contribution < 1.29 is 9.53 Å². The van der Waals surface area contributed by atoms with Crippen LogP contribution in [-0.4, -0.2) is 33.4 Å². The van der Waals surface area contributed by atoms with Crippen molar-refractivity contribution in [3.8, 4) is 5.75 Å². The van der Waals surface area contributed by atoms with Gasteiger partial charge in [0, 0.05) is 23.3 Å². The second-order valence-corrected chi connectivity index (χ2v) is 8.47. The number of rotatable bonds is 4. The number of nitrogens with one attached hydrogen (secondary N) is 1. The van der Waals surface area contributed by atoms with Crippen molar-refractivity contribution in [1.82, 2.24) is 14.8 Å². The summed E-state index contributed by atoms with van der Waals surface area (Å²) in [5.41, 5.74) is 2.61. The third kappa shape index (κ3) is 3.14. The van der Waals surface area contributed by atoms with E-state index >= 15 is 0 Å². The normalized spacial score (nSPS) is 20.7. The van der Waals surface area contributed by atoms with E-state index in [9.17, 15) is 4.79 Å². The van der Waals surface area contributed by atoms with Gasteiger partial charge in [-0.1, -0.05) is 43.8 Å². The second kappa shape index (κ2) is 6.71. The van der Waals surface area contributed by atoms with Gasteiger partial charge in [-0.15, -0.1) is 5.10 Å². The van der Waals surface area contributed by atoms with Crippen molar-refractivity contribution in [3.05, 3.63) is 41.1 Å². The number of nitrogens with zero attached hydrogens (tertiary/aromatic N) is 3. The monoisotopic (exact) mass is 384 g/mol. The molecule has 1 N–H and O–H groups in total. The predicted octanol–water partition coefficient (Wildman–Crippen LogP) is 4.06. The standard InChI is InChI=1S/C20H24N4O2S/c1-5-26-15-9-7-6-8-12(15)17-16-13(10-20(2,3)11-14(16)25)21-18-22-19(27-4)23-24(17)18/h6-9,17H,5,10-11H2,1-4H3,(H,21,22,23)/t17-/m0/s1. The molecule has 1 aromatic heterocycles. The number of Topliss-reactive ketones (excluding diaryl/α,β-unsaturated/α-hetero) is 1. The van der Waals surface area contributed by atoms with Crippen LogP contribution in [0.5, 0.6) is 5.75 Å². The Labute approximate surface area is 163 Å². The summed E-state index contributed by atoms with van der Waals surface area (Å²) in [5.74, 6) is 1.63. The minimum Gasteiger partial charge on any atom is -0.494 e. The van der Waals surface area contributed by atoms with Gasteiger partial charge in [-0.05, 0) is 31.1 Å². The third-order valence-electron chi connectivity index (χ3n) is 5.01. The molecule has 2 aliphatic rings. The van der Waals surface area contributed by atoms with E-state index < -0.39 is 0 Å². The molecule has 7 heteroatoms. The van der Waals surface area contributed by atoms with Crippen LogP contribution in [0.25, 0.3) is 0 Å². The lowest BCUT2D eigenvalue weighted by molar-refractivity contribution is -0.118. The van der Waals surface area contributed by atoms with Gasteiger partial charge in [0.25, 0.3) is 0 Å². The largest absolute Gasteiger partial charge is 0.494 e. The number of hydrogen-bond acceptors (Lipinski definition) is 6. The zero-order valence-electron chi connectivity index (χ0n) is 16.1. The highest BCUT2D eigenvalue weighted by atomic mass is 32.2. The van der Waals surface area contributed by atoms with Crippen LogP contribution in [0.3, 0.4) is 0 Å². The van der Waals surface area contributed by atoms with Crippen LogP contribution in [0.2, 0.25) is 0 Å². The first-order valence-electron chi connectivity index (χ1n) is 9.19. The fraction of sp³-hybridized carbons (Fsp3) is 0.450. The van der Waals surface area contributed by atoms with Crippen LogP contribution in [0, 0.1) is 5.41 Å². The Morgan fingerprint density at radius 3 is 2.85 bits per heavy atom. The Morgan fingerprint density at radius 2 is 2.11 bits per heavy atom. The van der Waals surface area contributed by atoms with Crippen LogP contribution >= 0.6 is 11.8 Å². The van der Waals surface area contributed by atoms with E-state index in [-0.39, 0.29) is 17.2 Å². The zero-order chi connectivity index (χ0) is 19.2. The fourth-order valence-electron chi connectivity index (χ4n) is 3.96. The van der Waals surface area contributed by atoms with Crippen LogP contribution < -0.4 is 10.1 Å². The van der Waals surface area contributed by atoms with Crippen LogP contribution in [0.4, 0.5) is 5.95 Å². The van der Waals surface area contributed by atoms with E-state index in [0.717, 1.165) is 29.0 Å². The Kier molecular flexibility index (Phi) is 4.50. The van der Waals surface area contributed by atoms with Gasteiger partial charge in [-0.25, -0.2) is 4.68 Å². The average Bonchev–Trinajstić information content (AvgIpc) is 3.02. The Morgan fingerprint density at radius 1 is 1.33 bits per heavy atom. The first kappa shape index (κ1) is 18.1. The molecule has 0 radical (unpaired) electrons. The van der Waals surface area contributed by atoms with Gasteiger partial charge >= 0.3 is 0 Å². The van der Waals surface area contributed by atoms with Gasteiger partial charge < -0.3 is 10.1 Å². The van der Waals surface area contributed by atoms with Gasteiger partial charge in [0.2, 0.25) is 11.1 Å². The fourth-order valence-corrected chi connectivity index (χ4v) is 4.30. The van der Waals surface area contributed by atoms with Crippen molar-refractivity contribution >= 4 is 23.5 Å². The predicted molar refractivity (Wildman–Crippen MR) is 106 cm³/mol. The number of anilines is 1. The molecule has 142 valence electrons. The summed E-state index contributed by atoms with van der Waals surface area (Å²) in [5, 5.41) is 8.72. The minimum atomic E-state index is -0.323. The number of ether oxygens (including phenoxy) is 1. The van der Waals surface area contributed by atoms with E-state index in [1.54, 1.807) is 0 Å². The molecule has 1 aliphatic carbocycles. The van der Waals surface area contributed by atoms with E-state index in [0.29, 0.717) is 24.1 Å². The molecule has 0 unspecified atom stereocenters. The molecule has 0 bridgehead atoms. The number of hydrogen-bond donors (Lipinski definition) is 1. The van der Waals surface area contributed by atoms with E-state index in [2.05, 4.69) is 29.2 Å². The lowest BCUT2D eigenvalue weighted by atomic mass is 9.73. The summed E-state index contributed by atoms with van der Waals surface area (Å²) in [4.78, 5) is 17.8. The zero-order valence-corrected chi connectivity index (χ0v) is 16.9. The molecule has 27 heavy (non-hydrogen) atoms. The molecule has 0 amide bonds. The number of para-hydroxylation sites is 1. The lowest BCUT2D eigenvalue weighted by Gasteiger charge is -2.38. The lowest BCUT2D eigenvalue weighted by Crippen LogP contribution is -2.36. The summed E-state index contributed by atoms with van der Waals surface area (Å²) in [6.07, 6.45) is 3.29. The van der Waals surface area contributed by atoms with E-state index in [1.807, 2.05) is 42.1 Å². The molecular formula is C20H24N4O2S. The highest BCUT2D eigenvalue weighted by molar-refractivity contribution is 7.98. The molecule has 0 spiro atoms. The quantitative estimate of drug-likeness (QED) is 0.802. The number of aromatic nitrogens is 3. The SMILES string of the molecule is CCOc1ccccc1[C@H]1C2=C(CC(C)(C)CC2=O)Nc2nc(SC)nn21. The highest BCUT2D eigenvalue weighted by Crippen LogP contribution is 2.47. The van der Waals surface area contributed by atoms with Gasteiger partial charge in [0.15, 0.2) is 5.78 Å². The number of allylic oxidation sites excluding steroid dienone is 2. The maximum atomic E-state index is 13.2. The molecule has 6 nitrogen and oxygen atoms in total.